The number of aromatic nitrogens is 2. The molecule has 0 aliphatic rings. The summed E-state index contributed by atoms with van der Waals surface area (Å²) in [5, 5.41) is 0. The molecule has 0 saturated heterocycles. The lowest BCUT2D eigenvalue weighted by atomic mass is 10.0. The zero-order valence-electron chi connectivity index (χ0n) is 14.6. The number of oxazole rings is 1. The van der Waals surface area contributed by atoms with E-state index in [0.717, 1.165) is 36.5 Å². The molecule has 0 spiro atoms. The van der Waals surface area contributed by atoms with Gasteiger partial charge in [-0.05, 0) is 55.5 Å². The Hall–Kier alpha value is -2.49. The van der Waals surface area contributed by atoms with Gasteiger partial charge in [-0.1, -0.05) is 12.1 Å². The Morgan fingerprint density at radius 2 is 1.96 bits per heavy atom. The molecule has 0 aliphatic carbocycles. The normalized spacial score (nSPS) is 11.0. The minimum absolute atomic E-state index is 0.604. The quantitative estimate of drug-likeness (QED) is 0.703. The Morgan fingerprint density at radius 1 is 1.08 bits per heavy atom. The number of hydrogen-bond acceptors (Lipinski definition) is 3. The van der Waals surface area contributed by atoms with Crippen LogP contribution in [0.25, 0.3) is 0 Å². The van der Waals surface area contributed by atoms with Gasteiger partial charge in [0.15, 0.2) is 5.89 Å². The van der Waals surface area contributed by atoms with Crippen LogP contribution in [0, 0.1) is 20.8 Å². The molecule has 0 unspecified atom stereocenters. The lowest BCUT2D eigenvalue weighted by molar-refractivity contribution is 0.319. The maximum absolute atomic E-state index is 5.89. The predicted molar refractivity (Wildman–Crippen MR) is 94.6 cm³/mol. The highest BCUT2D eigenvalue weighted by atomic mass is 16.5. The average molecular weight is 324 g/mol. The Labute approximate surface area is 142 Å². The first-order valence-electron chi connectivity index (χ1n) is 8.38. The van der Waals surface area contributed by atoms with Crippen LogP contribution in [0.15, 0.2) is 41.1 Å². The highest BCUT2D eigenvalue weighted by Gasteiger charge is 2.07. The van der Waals surface area contributed by atoms with E-state index in [1.54, 1.807) is 0 Å². The lowest BCUT2D eigenvalue weighted by Gasteiger charge is -2.08. The summed E-state index contributed by atoms with van der Waals surface area (Å²) in [6, 6.07) is 8.34. The van der Waals surface area contributed by atoms with E-state index in [-0.39, 0.29) is 0 Å². The third-order valence-electron chi connectivity index (χ3n) is 4.25. The third-order valence-corrected chi connectivity index (χ3v) is 4.25. The first kappa shape index (κ1) is 16.4. The van der Waals surface area contributed by atoms with Crippen molar-refractivity contribution in [3.63, 3.8) is 0 Å². The number of aryl methyl sites for hydroxylation is 5. The summed E-state index contributed by atoms with van der Waals surface area (Å²) in [5.41, 5.74) is 4.96. The van der Waals surface area contributed by atoms with E-state index in [4.69, 9.17) is 9.15 Å². The molecule has 2 heterocycles. The monoisotopic (exact) mass is 324 g/mol. The van der Waals surface area contributed by atoms with Gasteiger partial charge in [-0.15, -0.1) is 0 Å². The van der Waals surface area contributed by atoms with Crippen LogP contribution in [0.1, 0.15) is 34.0 Å². The molecule has 4 nitrogen and oxygen atoms in total. The fraction of sp³-hybridized carbons (Fsp3) is 0.350. The van der Waals surface area contributed by atoms with Gasteiger partial charge in [0.2, 0.25) is 0 Å². The fourth-order valence-corrected chi connectivity index (χ4v) is 2.88. The van der Waals surface area contributed by atoms with Crippen molar-refractivity contribution in [3.05, 3.63) is 70.7 Å². The van der Waals surface area contributed by atoms with Gasteiger partial charge in [0.25, 0.3) is 0 Å². The second-order valence-corrected chi connectivity index (χ2v) is 6.15. The van der Waals surface area contributed by atoms with Gasteiger partial charge >= 0.3 is 0 Å². The van der Waals surface area contributed by atoms with E-state index in [1.807, 2.05) is 26.1 Å². The van der Waals surface area contributed by atoms with Gasteiger partial charge in [-0.25, -0.2) is 4.98 Å². The smallest absolute Gasteiger partial charge is 0.191 e. The molecule has 3 aromatic rings. The van der Waals surface area contributed by atoms with Crippen LogP contribution in [-0.4, -0.2) is 16.6 Å². The van der Waals surface area contributed by atoms with Crippen LogP contribution in [0.2, 0.25) is 0 Å². The van der Waals surface area contributed by atoms with Crippen molar-refractivity contribution in [1.29, 1.82) is 0 Å². The van der Waals surface area contributed by atoms with E-state index in [0.29, 0.717) is 12.5 Å². The van der Waals surface area contributed by atoms with Gasteiger partial charge < -0.3 is 14.1 Å². The zero-order valence-corrected chi connectivity index (χ0v) is 14.6. The molecule has 2 aromatic heterocycles. The first-order valence-corrected chi connectivity index (χ1v) is 8.38. The van der Waals surface area contributed by atoms with E-state index in [1.165, 1.54) is 16.7 Å². The summed E-state index contributed by atoms with van der Waals surface area (Å²) in [5.74, 6) is 2.51. The van der Waals surface area contributed by atoms with Crippen molar-refractivity contribution in [2.75, 3.05) is 6.61 Å². The lowest BCUT2D eigenvalue weighted by Crippen LogP contribution is -2.03. The van der Waals surface area contributed by atoms with Crippen LogP contribution in [-0.2, 0) is 19.3 Å². The second-order valence-electron chi connectivity index (χ2n) is 6.15. The van der Waals surface area contributed by atoms with Gasteiger partial charge in [0.05, 0.1) is 12.3 Å². The van der Waals surface area contributed by atoms with Crippen LogP contribution >= 0.6 is 0 Å². The molecule has 126 valence electrons. The first-order chi connectivity index (χ1) is 11.6. The van der Waals surface area contributed by atoms with E-state index in [2.05, 4.69) is 41.3 Å². The van der Waals surface area contributed by atoms with Gasteiger partial charge in [0, 0.05) is 25.7 Å². The Kier molecular flexibility index (Phi) is 5.04. The van der Waals surface area contributed by atoms with E-state index < -0.39 is 0 Å². The van der Waals surface area contributed by atoms with Crippen molar-refractivity contribution in [3.8, 4) is 5.75 Å². The number of rotatable bonds is 7. The number of benzene rings is 1. The Bertz CT molecular complexity index is 802. The van der Waals surface area contributed by atoms with Crippen LogP contribution in [0.3, 0.4) is 0 Å². The average Bonchev–Trinajstić information content (AvgIpc) is 3.11. The fourth-order valence-electron chi connectivity index (χ4n) is 2.88. The SMILES string of the molecule is Cc1nc(CCOc2cccc(CCc3c[nH]cc3C)c2)c(C)o1. The third kappa shape index (κ3) is 4.07. The molecule has 0 radical (unpaired) electrons. The highest BCUT2D eigenvalue weighted by molar-refractivity contribution is 5.30. The number of hydrogen-bond donors (Lipinski definition) is 1. The molecule has 0 fully saturated rings. The second kappa shape index (κ2) is 7.39. The minimum Gasteiger partial charge on any atom is -0.493 e. The van der Waals surface area contributed by atoms with Crippen molar-refractivity contribution in [2.45, 2.75) is 40.0 Å². The summed E-state index contributed by atoms with van der Waals surface area (Å²) in [7, 11) is 0. The Morgan fingerprint density at radius 3 is 2.67 bits per heavy atom. The van der Waals surface area contributed by atoms with Gasteiger partial charge in [0.1, 0.15) is 11.5 Å². The summed E-state index contributed by atoms with van der Waals surface area (Å²) in [6.45, 7) is 6.55. The van der Waals surface area contributed by atoms with E-state index in [9.17, 15) is 0 Å². The molecule has 0 atom stereocenters. The molecule has 0 aliphatic heterocycles. The van der Waals surface area contributed by atoms with Crippen molar-refractivity contribution >= 4 is 0 Å². The summed E-state index contributed by atoms with van der Waals surface area (Å²) in [6.07, 6.45) is 6.93. The number of ether oxygens (including phenoxy) is 1. The van der Waals surface area contributed by atoms with Crippen LogP contribution in [0.4, 0.5) is 0 Å². The standard InChI is InChI=1S/C20H24N2O2/c1-14-12-21-13-18(14)8-7-17-5-4-6-19(11-17)23-10-9-20-15(2)24-16(3)22-20/h4-6,11-13,21H,7-10H2,1-3H3. The molecule has 4 heteroatoms. The molecule has 3 rings (SSSR count). The molecule has 1 aromatic carbocycles. The van der Waals surface area contributed by atoms with E-state index >= 15 is 0 Å². The number of nitrogens with zero attached hydrogens (tertiary/aromatic N) is 1. The predicted octanol–water partition coefficient (Wildman–Crippen LogP) is 4.33. The summed E-state index contributed by atoms with van der Waals surface area (Å²) < 4.78 is 11.3. The zero-order chi connectivity index (χ0) is 16.9. The van der Waals surface area contributed by atoms with Crippen LogP contribution in [0.5, 0.6) is 5.75 Å². The number of H-pyrrole nitrogens is 1. The molecular formula is C20H24N2O2. The molecule has 0 saturated carbocycles. The molecule has 0 bridgehead atoms. The Balaban J connectivity index is 1.53. The number of aromatic amines is 1. The largest absolute Gasteiger partial charge is 0.493 e. The topological polar surface area (TPSA) is 51.0 Å². The number of nitrogens with one attached hydrogen (secondary N) is 1. The summed E-state index contributed by atoms with van der Waals surface area (Å²) in [4.78, 5) is 7.53. The van der Waals surface area contributed by atoms with Crippen molar-refractivity contribution in [1.82, 2.24) is 9.97 Å². The van der Waals surface area contributed by atoms with Gasteiger partial charge in [-0.3, -0.25) is 0 Å². The maximum Gasteiger partial charge on any atom is 0.191 e. The molecule has 0 amide bonds. The van der Waals surface area contributed by atoms with Gasteiger partial charge in [-0.2, -0.15) is 0 Å². The molecular weight excluding hydrogens is 300 g/mol. The van der Waals surface area contributed by atoms with Crippen molar-refractivity contribution in [2.24, 2.45) is 0 Å². The van der Waals surface area contributed by atoms with Crippen LogP contribution < -0.4 is 4.74 Å². The summed E-state index contributed by atoms with van der Waals surface area (Å²) >= 11 is 0. The minimum atomic E-state index is 0.604. The highest BCUT2D eigenvalue weighted by Crippen LogP contribution is 2.17. The van der Waals surface area contributed by atoms with Crippen molar-refractivity contribution < 1.29 is 9.15 Å². The maximum atomic E-state index is 5.89. The molecule has 1 N–H and O–H groups in total. The molecule has 24 heavy (non-hydrogen) atoms.